The van der Waals surface area contributed by atoms with Crippen LogP contribution in [0.2, 0.25) is 0 Å². The van der Waals surface area contributed by atoms with Crippen molar-refractivity contribution < 1.29 is 23.8 Å². The number of carbonyl (C=O) groups excluding carboxylic acids is 2. The third kappa shape index (κ3) is 4.85. The Morgan fingerprint density at radius 2 is 2.13 bits per heavy atom. The number of rotatable bonds is 7. The highest BCUT2D eigenvalue weighted by molar-refractivity contribution is 5.69. The molecule has 0 aliphatic rings. The van der Waals surface area contributed by atoms with E-state index in [2.05, 4.69) is 20.3 Å². The van der Waals surface area contributed by atoms with E-state index in [4.69, 9.17) is 19.9 Å². The van der Waals surface area contributed by atoms with E-state index >= 15 is 0 Å². The first kappa shape index (κ1) is 16.5. The van der Waals surface area contributed by atoms with Crippen LogP contribution in [0.5, 0.6) is 0 Å². The van der Waals surface area contributed by atoms with Crippen LogP contribution >= 0.6 is 0 Å². The first-order valence-corrected chi connectivity index (χ1v) is 6.69. The Morgan fingerprint density at radius 1 is 1.35 bits per heavy atom. The number of anilines is 1. The number of nitrogens with zero attached hydrogens (tertiary/aromatic N) is 5. The van der Waals surface area contributed by atoms with Crippen LogP contribution in [0.1, 0.15) is 20.3 Å². The van der Waals surface area contributed by atoms with Crippen LogP contribution < -0.4 is 5.73 Å². The van der Waals surface area contributed by atoms with Gasteiger partial charge in [-0.25, -0.2) is 9.67 Å². The monoisotopic (exact) mass is 324 g/mol. The lowest BCUT2D eigenvalue weighted by Gasteiger charge is -2.17. The number of fused-ring (bicyclic) bond motifs is 1. The molecule has 0 aliphatic heterocycles. The summed E-state index contributed by atoms with van der Waals surface area (Å²) in [6.07, 6.45) is 0.761. The van der Waals surface area contributed by atoms with Crippen molar-refractivity contribution in [1.29, 1.82) is 0 Å². The summed E-state index contributed by atoms with van der Waals surface area (Å²) < 4.78 is 16.6. The van der Waals surface area contributed by atoms with Gasteiger partial charge >= 0.3 is 11.9 Å². The minimum absolute atomic E-state index is 0.0538. The van der Waals surface area contributed by atoms with Crippen LogP contribution in [0, 0.1) is 0 Å². The highest BCUT2D eigenvalue weighted by Crippen LogP contribution is 2.10. The standard InChI is InChI=1S/C12H16N6O5/c1-7(19)21-4-3-10(23-8(2)20)22-6-18-9-5-14-12(13)15-11(9)16-17-18/h5,10H,3-4,6H2,1-2H3,(H2,13,14,15). The van der Waals surface area contributed by atoms with Gasteiger partial charge in [0, 0.05) is 20.3 Å². The van der Waals surface area contributed by atoms with E-state index in [1.54, 1.807) is 0 Å². The Bertz CT molecular complexity index is 702. The molecule has 0 radical (unpaired) electrons. The number of nitrogen functional groups attached to an aromatic ring is 1. The SMILES string of the molecule is CC(=O)OCCC(OCn1nnc2nc(N)ncc21)OC(C)=O. The van der Waals surface area contributed by atoms with Crippen LogP contribution in [0.3, 0.4) is 0 Å². The van der Waals surface area contributed by atoms with E-state index in [1.165, 1.54) is 24.7 Å². The molecule has 11 heteroatoms. The summed E-state index contributed by atoms with van der Waals surface area (Å²) in [5, 5.41) is 7.68. The number of ether oxygens (including phenoxy) is 3. The normalized spacial score (nSPS) is 12.1. The fourth-order valence-electron chi connectivity index (χ4n) is 1.69. The molecule has 0 aliphatic carbocycles. The lowest BCUT2D eigenvalue weighted by atomic mass is 10.4. The zero-order valence-electron chi connectivity index (χ0n) is 12.6. The van der Waals surface area contributed by atoms with Gasteiger partial charge in [0.1, 0.15) is 12.2 Å². The smallest absolute Gasteiger partial charge is 0.304 e. The first-order chi connectivity index (χ1) is 11.0. The number of aromatic nitrogens is 5. The van der Waals surface area contributed by atoms with Gasteiger partial charge in [0.2, 0.25) is 17.9 Å². The minimum atomic E-state index is -0.888. The lowest BCUT2D eigenvalue weighted by molar-refractivity contribution is -0.189. The summed E-state index contributed by atoms with van der Waals surface area (Å²) in [5.74, 6) is -0.856. The second kappa shape index (κ2) is 7.45. The summed E-state index contributed by atoms with van der Waals surface area (Å²) in [6, 6.07) is 0. The quantitative estimate of drug-likeness (QED) is 0.528. The molecule has 0 bridgehead atoms. The highest BCUT2D eigenvalue weighted by atomic mass is 16.7. The molecule has 0 aromatic carbocycles. The molecule has 0 saturated heterocycles. The molecular weight excluding hydrogens is 308 g/mol. The van der Waals surface area contributed by atoms with E-state index in [9.17, 15) is 9.59 Å². The summed E-state index contributed by atoms with van der Waals surface area (Å²) in [6.45, 7) is 2.55. The van der Waals surface area contributed by atoms with Crippen LogP contribution in [-0.2, 0) is 30.5 Å². The van der Waals surface area contributed by atoms with E-state index in [0.717, 1.165) is 0 Å². The predicted octanol–water partition coefficient (Wildman–Crippen LogP) is -0.380. The molecule has 0 spiro atoms. The summed E-state index contributed by atoms with van der Waals surface area (Å²) in [7, 11) is 0. The van der Waals surface area contributed by atoms with Gasteiger partial charge in [0.25, 0.3) is 0 Å². The maximum Gasteiger partial charge on any atom is 0.304 e. The molecule has 0 saturated carbocycles. The van der Waals surface area contributed by atoms with E-state index in [-0.39, 0.29) is 25.7 Å². The summed E-state index contributed by atoms with van der Waals surface area (Å²) >= 11 is 0. The van der Waals surface area contributed by atoms with E-state index < -0.39 is 18.2 Å². The van der Waals surface area contributed by atoms with Crippen molar-refractivity contribution in [3.05, 3.63) is 6.20 Å². The summed E-state index contributed by atoms with van der Waals surface area (Å²) in [5.41, 5.74) is 6.30. The third-order valence-electron chi connectivity index (χ3n) is 2.63. The molecule has 1 unspecified atom stereocenters. The zero-order chi connectivity index (χ0) is 16.8. The first-order valence-electron chi connectivity index (χ1n) is 6.69. The van der Waals surface area contributed by atoms with Crippen molar-refractivity contribution in [2.24, 2.45) is 0 Å². The second-order valence-corrected chi connectivity index (χ2v) is 4.49. The fourth-order valence-corrected chi connectivity index (χ4v) is 1.69. The van der Waals surface area contributed by atoms with Crippen molar-refractivity contribution in [1.82, 2.24) is 25.0 Å². The predicted molar refractivity (Wildman–Crippen MR) is 75.4 cm³/mol. The molecule has 23 heavy (non-hydrogen) atoms. The van der Waals surface area contributed by atoms with Crippen molar-refractivity contribution in [2.45, 2.75) is 33.3 Å². The van der Waals surface area contributed by atoms with Crippen molar-refractivity contribution in [3.8, 4) is 0 Å². The molecule has 0 amide bonds. The van der Waals surface area contributed by atoms with Crippen molar-refractivity contribution in [3.63, 3.8) is 0 Å². The Kier molecular flexibility index (Phi) is 5.36. The van der Waals surface area contributed by atoms with E-state index in [0.29, 0.717) is 11.2 Å². The molecule has 2 heterocycles. The fraction of sp³-hybridized carbons (Fsp3) is 0.500. The molecule has 11 nitrogen and oxygen atoms in total. The number of hydrogen-bond acceptors (Lipinski definition) is 10. The molecular formula is C12H16N6O5. The second-order valence-electron chi connectivity index (χ2n) is 4.49. The van der Waals surface area contributed by atoms with Gasteiger partial charge in [-0.2, -0.15) is 4.98 Å². The largest absolute Gasteiger partial charge is 0.466 e. The van der Waals surface area contributed by atoms with Gasteiger partial charge in [0.05, 0.1) is 12.8 Å². The molecule has 1 atom stereocenters. The van der Waals surface area contributed by atoms with Gasteiger partial charge in [0.15, 0.2) is 0 Å². The average molecular weight is 324 g/mol. The van der Waals surface area contributed by atoms with Crippen LogP contribution in [0.15, 0.2) is 6.20 Å². The van der Waals surface area contributed by atoms with Gasteiger partial charge < -0.3 is 19.9 Å². The van der Waals surface area contributed by atoms with Crippen LogP contribution in [0.4, 0.5) is 5.95 Å². The van der Waals surface area contributed by atoms with Crippen molar-refractivity contribution >= 4 is 29.1 Å². The van der Waals surface area contributed by atoms with Gasteiger partial charge in [-0.1, -0.05) is 5.21 Å². The Labute approximate surface area is 130 Å². The van der Waals surface area contributed by atoms with Gasteiger partial charge in [-0.3, -0.25) is 9.59 Å². The average Bonchev–Trinajstić information content (AvgIpc) is 2.85. The maximum absolute atomic E-state index is 11.1. The Balaban J connectivity index is 1.98. The van der Waals surface area contributed by atoms with Gasteiger partial charge in [-0.05, 0) is 0 Å². The molecule has 2 N–H and O–H groups in total. The molecule has 124 valence electrons. The number of hydrogen-bond donors (Lipinski definition) is 1. The minimum Gasteiger partial charge on any atom is -0.466 e. The number of nitrogens with two attached hydrogens (primary N) is 1. The summed E-state index contributed by atoms with van der Waals surface area (Å²) in [4.78, 5) is 29.6. The van der Waals surface area contributed by atoms with Crippen LogP contribution in [0.25, 0.3) is 11.2 Å². The topological polar surface area (TPSA) is 144 Å². The molecule has 2 aromatic heterocycles. The number of carbonyl (C=O) groups is 2. The maximum atomic E-state index is 11.1. The van der Waals surface area contributed by atoms with E-state index in [1.807, 2.05) is 0 Å². The highest BCUT2D eigenvalue weighted by Gasteiger charge is 2.15. The molecule has 0 fully saturated rings. The third-order valence-corrected chi connectivity index (χ3v) is 2.63. The van der Waals surface area contributed by atoms with Gasteiger partial charge in [-0.15, -0.1) is 5.10 Å². The molecule has 2 aromatic rings. The van der Waals surface area contributed by atoms with Crippen LogP contribution in [-0.4, -0.2) is 49.8 Å². The number of esters is 2. The Morgan fingerprint density at radius 3 is 2.83 bits per heavy atom. The molecule has 2 rings (SSSR count). The zero-order valence-corrected chi connectivity index (χ0v) is 12.6. The lowest BCUT2D eigenvalue weighted by Crippen LogP contribution is -2.24. The Hall–Kier alpha value is -2.82. The van der Waals surface area contributed by atoms with Crippen molar-refractivity contribution in [2.75, 3.05) is 12.3 Å².